The summed E-state index contributed by atoms with van der Waals surface area (Å²) < 4.78 is 0. The minimum Gasteiger partial charge on any atom is -0.326 e. The molecule has 0 heterocycles. The van der Waals surface area contributed by atoms with E-state index in [9.17, 15) is 4.79 Å². The molecular formula is C20H25Cl2N2O+. The maximum absolute atomic E-state index is 12.5. The first kappa shape index (κ1) is 19.8. The maximum Gasteiger partial charge on any atom is 0.279 e. The van der Waals surface area contributed by atoms with Crippen molar-refractivity contribution in [2.24, 2.45) is 0 Å². The van der Waals surface area contributed by atoms with Gasteiger partial charge in [0.25, 0.3) is 5.91 Å². The van der Waals surface area contributed by atoms with Gasteiger partial charge in [-0.1, -0.05) is 67.4 Å². The number of carbonyl (C=O) groups is 1. The summed E-state index contributed by atoms with van der Waals surface area (Å²) >= 11 is 12.3. The number of para-hydroxylation sites is 1. The summed E-state index contributed by atoms with van der Waals surface area (Å²) in [5.41, 5.74) is 4.25. The zero-order valence-corrected chi connectivity index (χ0v) is 16.5. The Bertz CT molecular complexity index is 724. The van der Waals surface area contributed by atoms with Gasteiger partial charge in [0.15, 0.2) is 6.54 Å². The van der Waals surface area contributed by atoms with Crippen LogP contribution in [0.4, 0.5) is 5.69 Å². The number of rotatable bonds is 7. The second-order valence-electron chi connectivity index (χ2n) is 6.23. The summed E-state index contributed by atoms with van der Waals surface area (Å²) in [6.45, 7) is 5.21. The molecule has 0 spiro atoms. The van der Waals surface area contributed by atoms with Gasteiger partial charge in [-0.05, 0) is 30.0 Å². The molecule has 5 heteroatoms. The third kappa shape index (κ3) is 5.21. The van der Waals surface area contributed by atoms with Crippen LogP contribution >= 0.6 is 23.2 Å². The molecule has 0 bridgehead atoms. The Kier molecular flexibility index (Phi) is 7.30. The summed E-state index contributed by atoms with van der Waals surface area (Å²) in [6.07, 6.45) is 1.79. The monoisotopic (exact) mass is 379 g/mol. The van der Waals surface area contributed by atoms with Crippen LogP contribution in [0.25, 0.3) is 0 Å². The van der Waals surface area contributed by atoms with Crippen LogP contribution in [0.15, 0.2) is 36.4 Å². The molecule has 0 aliphatic carbocycles. The lowest BCUT2D eigenvalue weighted by atomic mass is 10.0. The van der Waals surface area contributed by atoms with Crippen molar-refractivity contribution < 1.29 is 9.69 Å². The molecular weight excluding hydrogens is 355 g/mol. The van der Waals surface area contributed by atoms with Gasteiger partial charge in [0, 0.05) is 11.3 Å². The molecule has 0 fully saturated rings. The molecule has 2 aromatic carbocycles. The number of carbonyl (C=O) groups excluding carboxylic acids is 1. The largest absolute Gasteiger partial charge is 0.326 e. The number of aryl methyl sites for hydroxylation is 2. The van der Waals surface area contributed by atoms with E-state index in [0.29, 0.717) is 23.1 Å². The number of amides is 1. The minimum absolute atomic E-state index is 0.00579. The lowest BCUT2D eigenvalue weighted by Gasteiger charge is -2.17. The SMILES string of the molecule is CCc1cccc(CC)c1NC(=O)C[NH+](C)Cc1cccc(Cl)c1Cl. The van der Waals surface area contributed by atoms with Crippen LogP contribution in [-0.4, -0.2) is 19.5 Å². The predicted octanol–water partition coefficient (Wildman–Crippen LogP) is 3.77. The second kappa shape index (κ2) is 9.23. The number of nitrogens with one attached hydrogen (secondary N) is 2. The molecule has 1 atom stereocenters. The highest BCUT2D eigenvalue weighted by Crippen LogP contribution is 2.25. The number of quaternary nitrogens is 1. The highest BCUT2D eigenvalue weighted by Gasteiger charge is 2.16. The van der Waals surface area contributed by atoms with E-state index in [2.05, 4.69) is 31.3 Å². The van der Waals surface area contributed by atoms with Gasteiger partial charge in [0.05, 0.1) is 17.1 Å². The van der Waals surface area contributed by atoms with Gasteiger partial charge in [-0.3, -0.25) is 4.79 Å². The molecule has 0 saturated heterocycles. The van der Waals surface area contributed by atoms with E-state index in [1.165, 1.54) is 11.1 Å². The predicted molar refractivity (Wildman–Crippen MR) is 106 cm³/mol. The van der Waals surface area contributed by atoms with E-state index in [1.807, 2.05) is 25.2 Å². The molecule has 2 N–H and O–H groups in total. The van der Waals surface area contributed by atoms with E-state index >= 15 is 0 Å². The number of hydrogen-bond donors (Lipinski definition) is 2. The average molecular weight is 380 g/mol. The van der Waals surface area contributed by atoms with E-state index in [1.54, 1.807) is 6.07 Å². The maximum atomic E-state index is 12.5. The van der Waals surface area contributed by atoms with Crippen molar-refractivity contribution in [2.45, 2.75) is 33.2 Å². The van der Waals surface area contributed by atoms with Gasteiger partial charge in [-0.25, -0.2) is 0 Å². The molecule has 0 aromatic heterocycles. The summed E-state index contributed by atoms with van der Waals surface area (Å²) in [5, 5.41) is 4.21. The van der Waals surface area contributed by atoms with Gasteiger partial charge >= 0.3 is 0 Å². The highest BCUT2D eigenvalue weighted by atomic mass is 35.5. The zero-order valence-electron chi connectivity index (χ0n) is 15.0. The molecule has 0 saturated carbocycles. The second-order valence-corrected chi connectivity index (χ2v) is 7.02. The van der Waals surface area contributed by atoms with Crippen molar-refractivity contribution in [3.8, 4) is 0 Å². The lowest BCUT2D eigenvalue weighted by Crippen LogP contribution is -3.08. The molecule has 25 heavy (non-hydrogen) atoms. The Balaban J connectivity index is 2.04. The Morgan fingerprint density at radius 3 is 2.16 bits per heavy atom. The standard InChI is InChI=1S/C20H24Cl2N2O/c1-4-14-8-6-9-15(5-2)20(14)23-18(25)13-24(3)12-16-10-7-11-17(21)19(16)22/h6-11H,4-5,12-13H2,1-3H3,(H,23,25)/p+1. The van der Waals surface area contributed by atoms with E-state index < -0.39 is 0 Å². The average Bonchev–Trinajstić information content (AvgIpc) is 2.59. The van der Waals surface area contributed by atoms with Crippen LogP contribution < -0.4 is 10.2 Å². The third-order valence-corrected chi connectivity index (χ3v) is 5.11. The lowest BCUT2D eigenvalue weighted by molar-refractivity contribution is -0.885. The van der Waals surface area contributed by atoms with Crippen molar-refractivity contribution >= 4 is 34.8 Å². The van der Waals surface area contributed by atoms with E-state index in [0.717, 1.165) is 29.0 Å². The highest BCUT2D eigenvalue weighted by molar-refractivity contribution is 6.42. The van der Waals surface area contributed by atoms with E-state index in [4.69, 9.17) is 23.2 Å². The molecule has 3 nitrogen and oxygen atoms in total. The quantitative estimate of drug-likeness (QED) is 0.753. The van der Waals surface area contributed by atoms with Crippen molar-refractivity contribution in [1.82, 2.24) is 0 Å². The Hall–Kier alpha value is -1.55. The van der Waals surface area contributed by atoms with Crippen LogP contribution in [0, 0.1) is 0 Å². The van der Waals surface area contributed by atoms with Crippen molar-refractivity contribution in [2.75, 3.05) is 18.9 Å². The number of likely N-dealkylation sites (N-methyl/N-ethyl adjacent to an activating group) is 1. The normalized spacial score (nSPS) is 12.0. The van der Waals surface area contributed by atoms with Crippen molar-refractivity contribution in [3.63, 3.8) is 0 Å². The van der Waals surface area contributed by atoms with Gasteiger partial charge < -0.3 is 10.2 Å². The Morgan fingerprint density at radius 1 is 1.00 bits per heavy atom. The van der Waals surface area contributed by atoms with Gasteiger partial charge in [-0.2, -0.15) is 0 Å². The molecule has 1 amide bonds. The number of anilines is 1. The first-order chi connectivity index (χ1) is 12.0. The fourth-order valence-electron chi connectivity index (χ4n) is 2.93. The smallest absolute Gasteiger partial charge is 0.279 e. The van der Waals surface area contributed by atoms with Crippen LogP contribution in [0.1, 0.15) is 30.5 Å². The molecule has 2 rings (SSSR count). The molecule has 134 valence electrons. The molecule has 0 aliphatic rings. The van der Waals surface area contributed by atoms with Crippen LogP contribution in [0.5, 0.6) is 0 Å². The minimum atomic E-state index is 0.00579. The molecule has 1 unspecified atom stereocenters. The van der Waals surface area contributed by atoms with Crippen LogP contribution in [-0.2, 0) is 24.2 Å². The van der Waals surface area contributed by atoms with Gasteiger partial charge in [-0.15, -0.1) is 0 Å². The van der Waals surface area contributed by atoms with Crippen LogP contribution in [0.3, 0.4) is 0 Å². The Morgan fingerprint density at radius 2 is 1.56 bits per heavy atom. The number of benzene rings is 2. The summed E-state index contributed by atoms with van der Waals surface area (Å²) in [6, 6.07) is 11.8. The van der Waals surface area contributed by atoms with E-state index in [-0.39, 0.29) is 5.91 Å². The van der Waals surface area contributed by atoms with Crippen LogP contribution in [0.2, 0.25) is 10.0 Å². The fraction of sp³-hybridized carbons (Fsp3) is 0.350. The summed E-state index contributed by atoms with van der Waals surface area (Å²) in [4.78, 5) is 13.6. The Labute approximate surface area is 159 Å². The summed E-state index contributed by atoms with van der Waals surface area (Å²) in [5.74, 6) is 0.00579. The van der Waals surface area contributed by atoms with Crippen molar-refractivity contribution in [1.29, 1.82) is 0 Å². The fourth-order valence-corrected chi connectivity index (χ4v) is 3.32. The van der Waals surface area contributed by atoms with Gasteiger partial charge in [0.2, 0.25) is 0 Å². The zero-order chi connectivity index (χ0) is 18.4. The topological polar surface area (TPSA) is 33.5 Å². The third-order valence-electron chi connectivity index (χ3n) is 4.25. The molecule has 0 radical (unpaired) electrons. The number of halogens is 2. The number of hydrogen-bond acceptors (Lipinski definition) is 1. The van der Waals surface area contributed by atoms with Gasteiger partial charge in [0.1, 0.15) is 6.54 Å². The van der Waals surface area contributed by atoms with Crippen molar-refractivity contribution in [3.05, 3.63) is 63.1 Å². The summed E-state index contributed by atoms with van der Waals surface area (Å²) in [7, 11) is 1.98. The molecule has 2 aromatic rings. The first-order valence-corrected chi connectivity index (χ1v) is 9.36. The molecule has 0 aliphatic heterocycles. The first-order valence-electron chi connectivity index (χ1n) is 8.61.